The summed E-state index contributed by atoms with van der Waals surface area (Å²) < 4.78 is 7.73. The van der Waals surface area contributed by atoms with Crippen LogP contribution >= 0.6 is 11.6 Å². The molecule has 0 aliphatic rings. The SMILES string of the molecule is CCC(N)C(Oc1cccc(Cl)c1)c1cnn(C)c1. The van der Waals surface area contributed by atoms with Gasteiger partial charge in [0, 0.05) is 29.9 Å². The molecule has 0 spiro atoms. The molecule has 0 amide bonds. The van der Waals surface area contributed by atoms with Crippen LogP contribution in [0.5, 0.6) is 5.75 Å². The van der Waals surface area contributed by atoms with Crippen LogP contribution in [0, 0.1) is 0 Å². The molecule has 0 bridgehead atoms. The fourth-order valence-corrected chi connectivity index (χ4v) is 2.07. The first-order valence-corrected chi connectivity index (χ1v) is 6.64. The quantitative estimate of drug-likeness (QED) is 0.915. The van der Waals surface area contributed by atoms with E-state index in [1.54, 1.807) is 16.9 Å². The lowest BCUT2D eigenvalue weighted by Gasteiger charge is -2.23. The summed E-state index contributed by atoms with van der Waals surface area (Å²) in [5.74, 6) is 0.713. The molecular weight excluding hydrogens is 262 g/mol. The number of hydrogen-bond donors (Lipinski definition) is 1. The molecule has 0 aliphatic heterocycles. The fourth-order valence-electron chi connectivity index (χ4n) is 1.89. The predicted molar refractivity (Wildman–Crippen MR) is 76.3 cm³/mol. The number of rotatable bonds is 5. The van der Waals surface area contributed by atoms with Crippen LogP contribution in [0.2, 0.25) is 5.02 Å². The van der Waals surface area contributed by atoms with Gasteiger partial charge in [0.15, 0.2) is 0 Å². The van der Waals surface area contributed by atoms with E-state index in [9.17, 15) is 0 Å². The Morgan fingerprint density at radius 3 is 2.84 bits per heavy atom. The van der Waals surface area contributed by atoms with Crippen molar-refractivity contribution in [1.82, 2.24) is 9.78 Å². The van der Waals surface area contributed by atoms with Crippen LogP contribution in [-0.2, 0) is 7.05 Å². The van der Waals surface area contributed by atoms with Crippen molar-refractivity contribution in [2.75, 3.05) is 0 Å². The summed E-state index contributed by atoms with van der Waals surface area (Å²) in [4.78, 5) is 0. The van der Waals surface area contributed by atoms with Crippen molar-refractivity contribution >= 4 is 11.6 Å². The fraction of sp³-hybridized carbons (Fsp3) is 0.357. The van der Waals surface area contributed by atoms with E-state index in [-0.39, 0.29) is 12.1 Å². The Morgan fingerprint density at radius 2 is 2.26 bits per heavy atom. The lowest BCUT2D eigenvalue weighted by Crippen LogP contribution is -2.31. The third kappa shape index (κ3) is 3.49. The number of ether oxygens (including phenoxy) is 1. The van der Waals surface area contributed by atoms with E-state index in [4.69, 9.17) is 22.1 Å². The number of halogens is 1. The molecule has 0 aliphatic carbocycles. The van der Waals surface area contributed by atoms with Gasteiger partial charge in [-0.25, -0.2) is 0 Å². The number of aryl methyl sites for hydroxylation is 1. The van der Waals surface area contributed by atoms with Gasteiger partial charge in [0.05, 0.1) is 6.20 Å². The summed E-state index contributed by atoms with van der Waals surface area (Å²) in [5.41, 5.74) is 7.12. The van der Waals surface area contributed by atoms with E-state index in [0.717, 1.165) is 12.0 Å². The van der Waals surface area contributed by atoms with E-state index in [1.165, 1.54) is 0 Å². The van der Waals surface area contributed by atoms with Gasteiger partial charge in [0.25, 0.3) is 0 Å². The van der Waals surface area contributed by atoms with Crippen molar-refractivity contribution in [3.8, 4) is 5.75 Å². The molecule has 1 aromatic heterocycles. The van der Waals surface area contributed by atoms with Crippen molar-refractivity contribution < 1.29 is 4.74 Å². The van der Waals surface area contributed by atoms with E-state index in [1.807, 2.05) is 38.4 Å². The van der Waals surface area contributed by atoms with Gasteiger partial charge >= 0.3 is 0 Å². The number of nitrogens with two attached hydrogens (primary N) is 1. The van der Waals surface area contributed by atoms with E-state index < -0.39 is 0 Å². The van der Waals surface area contributed by atoms with E-state index in [2.05, 4.69) is 5.10 Å². The Balaban J connectivity index is 2.24. The third-order valence-electron chi connectivity index (χ3n) is 2.97. The zero-order valence-corrected chi connectivity index (χ0v) is 11.8. The maximum Gasteiger partial charge on any atom is 0.142 e. The van der Waals surface area contributed by atoms with Gasteiger partial charge in [0.2, 0.25) is 0 Å². The zero-order chi connectivity index (χ0) is 13.8. The highest BCUT2D eigenvalue weighted by Gasteiger charge is 2.22. The Morgan fingerprint density at radius 1 is 1.47 bits per heavy atom. The largest absolute Gasteiger partial charge is 0.484 e. The van der Waals surface area contributed by atoms with Gasteiger partial charge in [-0.05, 0) is 24.6 Å². The number of benzene rings is 1. The second kappa shape index (κ2) is 6.08. The predicted octanol–water partition coefficient (Wildman–Crippen LogP) is 2.93. The lowest BCUT2D eigenvalue weighted by atomic mass is 10.0. The van der Waals surface area contributed by atoms with Crippen LogP contribution in [-0.4, -0.2) is 15.8 Å². The molecule has 0 radical (unpaired) electrons. The normalized spacial score (nSPS) is 14.1. The van der Waals surface area contributed by atoms with Crippen LogP contribution in [0.4, 0.5) is 0 Å². The molecule has 1 aromatic carbocycles. The maximum absolute atomic E-state index is 6.15. The highest BCUT2D eigenvalue weighted by atomic mass is 35.5. The van der Waals surface area contributed by atoms with Gasteiger partial charge in [-0.2, -0.15) is 5.10 Å². The van der Waals surface area contributed by atoms with Crippen LogP contribution in [0.15, 0.2) is 36.7 Å². The van der Waals surface area contributed by atoms with Crippen LogP contribution in [0.1, 0.15) is 25.0 Å². The standard InChI is InChI=1S/C14H18ClN3O/c1-3-13(16)14(10-8-17-18(2)9-10)19-12-6-4-5-11(15)7-12/h4-9,13-14H,3,16H2,1-2H3. The van der Waals surface area contributed by atoms with Gasteiger partial charge in [-0.3, -0.25) is 4.68 Å². The molecule has 5 heteroatoms. The maximum atomic E-state index is 6.15. The minimum Gasteiger partial charge on any atom is -0.484 e. The summed E-state index contributed by atoms with van der Waals surface area (Å²) in [7, 11) is 1.87. The Kier molecular flexibility index (Phi) is 4.45. The average molecular weight is 280 g/mol. The van der Waals surface area contributed by atoms with E-state index >= 15 is 0 Å². The molecule has 2 unspecified atom stereocenters. The summed E-state index contributed by atoms with van der Waals surface area (Å²) in [6, 6.07) is 7.23. The monoisotopic (exact) mass is 279 g/mol. The summed E-state index contributed by atoms with van der Waals surface area (Å²) in [5, 5.41) is 4.81. The van der Waals surface area contributed by atoms with Crippen molar-refractivity contribution in [2.45, 2.75) is 25.5 Å². The molecule has 19 heavy (non-hydrogen) atoms. The first kappa shape index (κ1) is 13.9. The molecule has 4 nitrogen and oxygen atoms in total. The molecule has 0 saturated carbocycles. The first-order chi connectivity index (χ1) is 9.10. The minimum absolute atomic E-state index is 0.0943. The van der Waals surface area contributed by atoms with Gasteiger partial charge < -0.3 is 10.5 Å². The highest BCUT2D eigenvalue weighted by Crippen LogP contribution is 2.26. The van der Waals surface area contributed by atoms with Crippen LogP contribution < -0.4 is 10.5 Å². The zero-order valence-electron chi connectivity index (χ0n) is 11.1. The number of aromatic nitrogens is 2. The lowest BCUT2D eigenvalue weighted by molar-refractivity contribution is 0.171. The molecule has 0 saturated heterocycles. The first-order valence-electron chi connectivity index (χ1n) is 6.26. The summed E-state index contributed by atoms with van der Waals surface area (Å²) >= 11 is 5.96. The second-order valence-electron chi connectivity index (χ2n) is 4.52. The Labute approximate surface area is 118 Å². The summed E-state index contributed by atoms with van der Waals surface area (Å²) in [6.07, 6.45) is 4.30. The molecule has 2 N–H and O–H groups in total. The second-order valence-corrected chi connectivity index (χ2v) is 4.95. The van der Waals surface area contributed by atoms with Crippen LogP contribution in [0.3, 0.4) is 0 Å². The minimum atomic E-state index is -0.225. The molecule has 2 rings (SSSR count). The molecule has 2 aromatic rings. The molecule has 2 atom stereocenters. The topological polar surface area (TPSA) is 53.1 Å². The molecule has 102 valence electrons. The van der Waals surface area contributed by atoms with Crippen molar-refractivity contribution in [2.24, 2.45) is 12.8 Å². The van der Waals surface area contributed by atoms with Crippen molar-refractivity contribution in [3.05, 3.63) is 47.2 Å². The summed E-state index contributed by atoms with van der Waals surface area (Å²) in [6.45, 7) is 2.04. The van der Waals surface area contributed by atoms with Crippen molar-refractivity contribution in [3.63, 3.8) is 0 Å². The molecular formula is C14H18ClN3O. The van der Waals surface area contributed by atoms with Crippen LogP contribution in [0.25, 0.3) is 0 Å². The smallest absolute Gasteiger partial charge is 0.142 e. The number of nitrogens with zero attached hydrogens (tertiary/aromatic N) is 2. The van der Waals surface area contributed by atoms with Gasteiger partial charge in [-0.1, -0.05) is 24.6 Å². The highest BCUT2D eigenvalue weighted by molar-refractivity contribution is 6.30. The molecule has 0 fully saturated rings. The Hall–Kier alpha value is -1.52. The van der Waals surface area contributed by atoms with Crippen molar-refractivity contribution in [1.29, 1.82) is 0 Å². The third-order valence-corrected chi connectivity index (χ3v) is 3.21. The average Bonchev–Trinajstić information content (AvgIpc) is 2.81. The van der Waals surface area contributed by atoms with Gasteiger partial charge in [-0.15, -0.1) is 0 Å². The Bertz CT molecular complexity index is 541. The molecule has 1 heterocycles. The number of hydrogen-bond acceptors (Lipinski definition) is 3. The van der Waals surface area contributed by atoms with E-state index in [0.29, 0.717) is 10.8 Å². The van der Waals surface area contributed by atoms with Gasteiger partial charge in [0.1, 0.15) is 11.9 Å².